The smallest absolute Gasteiger partial charge is 0.247 e. The highest BCUT2D eigenvalue weighted by molar-refractivity contribution is 5.99. The Bertz CT molecular complexity index is 1590. The van der Waals surface area contributed by atoms with Crippen LogP contribution in [0, 0.1) is 11.6 Å². The van der Waals surface area contributed by atoms with Gasteiger partial charge in [-0.25, -0.2) is 18.7 Å². The maximum atomic E-state index is 14.5. The van der Waals surface area contributed by atoms with E-state index in [4.69, 9.17) is 14.5 Å². The molecule has 1 saturated heterocycles. The molecule has 1 aliphatic heterocycles. The standard InChI is InChI=1S/C30H28F2N6O3.3H2/c1-3-28(39)36-24-15-19(7-9-23(24)32)29-25(34-21-6-4-5-20(31)16-21)18-33-30(37-29)35-22-8-10-27(40-2)26(17-22)38-11-13-41-14-12-38;;;/h3-10,15-18,34H,1,11-14H2,2H3,(H,36,39)(H,33,35,37);3*1H. The molecule has 0 aliphatic carbocycles. The van der Waals surface area contributed by atoms with Crippen molar-refractivity contribution in [2.75, 3.05) is 54.3 Å². The van der Waals surface area contributed by atoms with E-state index in [-0.39, 0.29) is 15.9 Å². The highest BCUT2D eigenvalue weighted by Crippen LogP contribution is 2.35. The SMILES string of the molecule is C=CC(=O)Nc1cc(-c2nc(Nc3ccc(OC)c(N4CCOCC4)c3)ncc2Nc2cccc(F)c2)ccc1F.[HH].[HH].[HH]. The zero-order valence-corrected chi connectivity index (χ0v) is 22.3. The summed E-state index contributed by atoms with van der Waals surface area (Å²) in [5.41, 5.74) is 3.39. The van der Waals surface area contributed by atoms with E-state index in [1.165, 1.54) is 30.3 Å². The second-order valence-electron chi connectivity index (χ2n) is 9.09. The van der Waals surface area contributed by atoms with Gasteiger partial charge in [-0.15, -0.1) is 0 Å². The number of benzene rings is 3. The van der Waals surface area contributed by atoms with Crippen molar-refractivity contribution in [1.82, 2.24) is 9.97 Å². The summed E-state index contributed by atoms with van der Waals surface area (Å²) in [6.07, 6.45) is 2.60. The molecule has 0 atom stereocenters. The second kappa shape index (κ2) is 12.4. The van der Waals surface area contributed by atoms with Gasteiger partial charge in [-0.2, -0.15) is 0 Å². The molecule has 0 radical (unpaired) electrons. The molecule has 0 bridgehead atoms. The molecule has 0 saturated carbocycles. The predicted octanol–water partition coefficient (Wildman–Crippen LogP) is 6.62. The van der Waals surface area contributed by atoms with Gasteiger partial charge < -0.3 is 30.3 Å². The molecule has 1 aromatic heterocycles. The van der Waals surface area contributed by atoms with E-state index in [0.717, 1.165) is 36.3 Å². The summed E-state index contributed by atoms with van der Waals surface area (Å²) in [5, 5.41) is 8.83. The number of rotatable bonds is 9. The Morgan fingerprint density at radius 3 is 2.61 bits per heavy atom. The quantitative estimate of drug-likeness (QED) is 0.195. The van der Waals surface area contributed by atoms with Crippen LogP contribution in [0.4, 0.5) is 43.2 Å². The molecule has 11 heteroatoms. The molecule has 216 valence electrons. The lowest BCUT2D eigenvalue weighted by atomic mass is 10.1. The minimum atomic E-state index is -0.620. The molecule has 0 unspecified atom stereocenters. The van der Waals surface area contributed by atoms with E-state index in [9.17, 15) is 13.6 Å². The number of morpholine rings is 1. The third-order valence-corrected chi connectivity index (χ3v) is 6.36. The summed E-state index contributed by atoms with van der Waals surface area (Å²) < 4.78 is 39.5. The molecular weight excluding hydrogens is 530 g/mol. The zero-order valence-electron chi connectivity index (χ0n) is 22.3. The Morgan fingerprint density at radius 1 is 1.05 bits per heavy atom. The molecule has 4 aromatic rings. The summed E-state index contributed by atoms with van der Waals surface area (Å²) in [5.74, 6) is -0.592. The van der Waals surface area contributed by atoms with Gasteiger partial charge in [0.2, 0.25) is 11.9 Å². The van der Waals surface area contributed by atoms with Crippen molar-refractivity contribution in [1.29, 1.82) is 0 Å². The number of halogens is 2. The molecule has 2 heterocycles. The number of amides is 1. The average Bonchev–Trinajstić information content (AvgIpc) is 2.99. The Balaban J connectivity index is 0.00000225. The van der Waals surface area contributed by atoms with Crippen LogP contribution in [0.3, 0.4) is 0 Å². The van der Waals surface area contributed by atoms with Gasteiger partial charge in [0.05, 0.1) is 49.3 Å². The van der Waals surface area contributed by atoms with E-state index in [2.05, 4.69) is 32.4 Å². The number of methoxy groups -OCH3 is 1. The van der Waals surface area contributed by atoms with E-state index in [1.54, 1.807) is 25.4 Å². The van der Waals surface area contributed by atoms with Crippen molar-refractivity contribution in [3.8, 4) is 17.0 Å². The van der Waals surface area contributed by atoms with Crippen LogP contribution in [0.1, 0.15) is 4.28 Å². The fraction of sp³-hybridized carbons (Fsp3) is 0.167. The molecule has 9 nitrogen and oxygen atoms in total. The zero-order chi connectivity index (χ0) is 28.8. The van der Waals surface area contributed by atoms with Crippen molar-refractivity contribution in [3.63, 3.8) is 0 Å². The molecule has 5 rings (SSSR count). The molecule has 3 aromatic carbocycles. The van der Waals surface area contributed by atoms with Gasteiger partial charge in [0, 0.05) is 34.3 Å². The van der Waals surface area contributed by atoms with Gasteiger partial charge in [0.25, 0.3) is 0 Å². The third-order valence-electron chi connectivity index (χ3n) is 6.36. The van der Waals surface area contributed by atoms with Crippen molar-refractivity contribution in [2.24, 2.45) is 0 Å². The molecule has 1 fully saturated rings. The Hall–Kier alpha value is -5.03. The molecule has 3 N–H and O–H groups in total. The number of ether oxygens (including phenoxy) is 2. The monoisotopic (exact) mass is 564 g/mol. The Labute approximate surface area is 240 Å². The number of hydrogen-bond donors (Lipinski definition) is 3. The lowest BCUT2D eigenvalue weighted by Gasteiger charge is -2.30. The van der Waals surface area contributed by atoms with Crippen molar-refractivity contribution in [3.05, 3.63) is 91.1 Å². The Kier molecular flexibility index (Phi) is 8.35. The van der Waals surface area contributed by atoms with E-state index >= 15 is 0 Å². The number of nitrogens with zero attached hydrogens (tertiary/aromatic N) is 3. The van der Waals surface area contributed by atoms with Gasteiger partial charge in [0.15, 0.2) is 0 Å². The van der Waals surface area contributed by atoms with Crippen LogP contribution in [-0.4, -0.2) is 49.3 Å². The van der Waals surface area contributed by atoms with Crippen molar-refractivity contribution < 1.29 is 27.3 Å². The number of carbonyl (C=O) groups excluding carboxylic acids is 1. The topological polar surface area (TPSA) is 101 Å². The summed E-state index contributed by atoms with van der Waals surface area (Å²) in [6, 6.07) is 15.8. The number of carbonyl (C=O) groups is 1. The number of aromatic nitrogens is 2. The van der Waals surface area contributed by atoms with Crippen LogP contribution in [0.15, 0.2) is 79.5 Å². The fourth-order valence-electron chi connectivity index (χ4n) is 4.38. The third kappa shape index (κ3) is 6.59. The highest BCUT2D eigenvalue weighted by atomic mass is 19.1. The first kappa shape index (κ1) is 27.5. The molecule has 0 spiro atoms. The second-order valence-corrected chi connectivity index (χ2v) is 9.09. The van der Waals surface area contributed by atoms with Crippen LogP contribution in [0.25, 0.3) is 11.3 Å². The summed E-state index contributed by atoms with van der Waals surface area (Å²) in [4.78, 5) is 23.2. The van der Waals surface area contributed by atoms with E-state index < -0.39 is 17.5 Å². The van der Waals surface area contributed by atoms with Crippen molar-refractivity contribution in [2.45, 2.75) is 0 Å². The minimum Gasteiger partial charge on any atom is -0.495 e. The van der Waals surface area contributed by atoms with Gasteiger partial charge >= 0.3 is 0 Å². The largest absolute Gasteiger partial charge is 0.495 e. The lowest BCUT2D eigenvalue weighted by Crippen LogP contribution is -2.36. The number of anilines is 6. The molecule has 1 aliphatic rings. The number of hydrogen-bond acceptors (Lipinski definition) is 8. The first-order valence-electron chi connectivity index (χ1n) is 12.8. The van der Waals surface area contributed by atoms with Gasteiger partial charge in [-0.05, 0) is 60.7 Å². The summed E-state index contributed by atoms with van der Waals surface area (Å²) in [7, 11) is 1.63. The lowest BCUT2D eigenvalue weighted by molar-refractivity contribution is -0.111. The van der Waals surface area contributed by atoms with Gasteiger partial charge in [-0.3, -0.25) is 4.79 Å². The summed E-state index contributed by atoms with van der Waals surface area (Å²) >= 11 is 0. The molecule has 1 amide bonds. The van der Waals surface area contributed by atoms with Crippen LogP contribution in [-0.2, 0) is 9.53 Å². The fourth-order valence-corrected chi connectivity index (χ4v) is 4.38. The Morgan fingerprint density at radius 2 is 1.85 bits per heavy atom. The van der Waals surface area contributed by atoms with E-state index in [0.29, 0.717) is 35.8 Å². The molecular formula is C30H34F2N6O3. The molecule has 41 heavy (non-hydrogen) atoms. The minimum absolute atomic E-state index is 0. The van der Waals surface area contributed by atoms with Crippen LogP contribution >= 0.6 is 0 Å². The normalized spacial score (nSPS) is 12.9. The predicted molar refractivity (Wildman–Crippen MR) is 162 cm³/mol. The highest BCUT2D eigenvalue weighted by Gasteiger charge is 2.18. The van der Waals surface area contributed by atoms with Crippen LogP contribution in [0.5, 0.6) is 5.75 Å². The van der Waals surface area contributed by atoms with Gasteiger partial charge in [0.1, 0.15) is 17.4 Å². The number of nitrogens with one attached hydrogen (secondary N) is 3. The first-order valence-corrected chi connectivity index (χ1v) is 12.8. The van der Waals surface area contributed by atoms with Crippen molar-refractivity contribution >= 4 is 40.3 Å². The van der Waals surface area contributed by atoms with Crippen LogP contribution < -0.4 is 25.6 Å². The van der Waals surface area contributed by atoms with Gasteiger partial charge in [-0.1, -0.05) is 12.6 Å². The first-order chi connectivity index (χ1) is 19.9. The van der Waals surface area contributed by atoms with Crippen LogP contribution in [0.2, 0.25) is 0 Å². The van der Waals surface area contributed by atoms with E-state index in [1.807, 2.05) is 18.2 Å². The average molecular weight is 565 g/mol. The maximum Gasteiger partial charge on any atom is 0.247 e. The maximum absolute atomic E-state index is 14.5. The summed E-state index contributed by atoms with van der Waals surface area (Å²) in [6.45, 7) is 6.13.